The van der Waals surface area contributed by atoms with E-state index in [0.717, 1.165) is 23.1 Å². The minimum absolute atomic E-state index is 0.00666. The van der Waals surface area contributed by atoms with Crippen molar-refractivity contribution in [3.05, 3.63) is 0 Å². The summed E-state index contributed by atoms with van der Waals surface area (Å²) in [5, 5.41) is 8.52. The van der Waals surface area contributed by atoms with Crippen LogP contribution in [0.2, 0.25) is 0 Å². The van der Waals surface area contributed by atoms with Crippen LogP contribution in [0, 0.1) is 5.92 Å². The quantitative estimate of drug-likeness (QED) is 0.625. The normalized spacial score (nSPS) is 17.2. The molecule has 0 unspecified atom stereocenters. The van der Waals surface area contributed by atoms with Crippen molar-refractivity contribution in [1.82, 2.24) is 9.03 Å². The first kappa shape index (κ1) is 16.4. The third-order valence-corrected chi connectivity index (χ3v) is 5.17. The number of nitrogens with one attached hydrogen (secondary N) is 1. The zero-order valence-corrected chi connectivity index (χ0v) is 12.3. The Balaban J connectivity index is 2.19. The van der Waals surface area contributed by atoms with Crippen LogP contribution in [0.4, 0.5) is 0 Å². The first-order valence-electron chi connectivity index (χ1n) is 6.84. The van der Waals surface area contributed by atoms with Crippen molar-refractivity contribution in [1.29, 1.82) is 0 Å². The molecule has 1 saturated carbocycles. The fraction of sp³-hybridized carbons (Fsp3) is 0.917. The van der Waals surface area contributed by atoms with Crippen LogP contribution >= 0.6 is 0 Å². The van der Waals surface area contributed by atoms with E-state index < -0.39 is 16.2 Å². The Bertz CT molecular complexity index is 377. The van der Waals surface area contributed by atoms with Gasteiger partial charge in [-0.15, -0.1) is 0 Å². The van der Waals surface area contributed by atoms with Gasteiger partial charge in [0.1, 0.15) is 0 Å². The van der Waals surface area contributed by atoms with Crippen LogP contribution in [-0.2, 0) is 15.0 Å². The van der Waals surface area contributed by atoms with Gasteiger partial charge in [-0.25, -0.2) is 4.72 Å². The number of nitrogens with zero attached hydrogens (tertiary/aromatic N) is 1. The average Bonchev–Trinajstić information content (AvgIpc) is 2.84. The van der Waals surface area contributed by atoms with Crippen molar-refractivity contribution in [3.8, 4) is 0 Å². The molecule has 1 aliphatic rings. The second kappa shape index (κ2) is 7.81. The van der Waals surface area contributed by atoms with E-state index in [1.807, 2.05) is 0 Å². The summed E-state index contributed by atoms with van der Waals surface area (Å²) in [7, 11) is -2.14. The molecule has 0 saturated heterocycles. The van der Waals surface area contributed by atoms with E-state index in [9.17, 15) is 13.2 Å². The highest BCUT2D eigenvalue weighted by Gasteiger charge is 2.18. The van der Waals surface area contributed by atoms with Crippen LogP contribution in [0.25, 0.3) is 0 Å². The predicted octanol–water partition coefficient (Wildman–Crippen LogP) is 1.20. The Labute approximate surface area is 115 Å². The summed E-state index contributed by atoms with van der Waals surface area (Å²) in [6.45, 7) is 0.420. The zero-order chi connectivity index (χ0) is 14.3. The summed E-state index contributed by atoms with van der Waals surface area (Å²) in [5.41, 5.74) is 0. The zero-order valence-electron chi connectivity index (χ0n) is 11.5. The molecule has 0 radical (unpaired) electrons. The summed E-state index contributed by atoms with van der Waals surface area (Å²) in [5.74, 6) is -0.238. The van der Waals surface area contributed by atoms with E-state index in [1.165, 1.54) is 32.7 Å². The maximum atomic E-state index is 11.8. The fourth-order valence-corrected chi connectivity index (χ4v) is 3.33. The van der Waals surface area contributed by atoms with Crippen molar-refractivity contribution in [2.75, 3.05) is 20.1 Å². The summed E-state index contributed by atoms with van der Waals surface area (Å²) in [6.07, 6.45) is 6.87. The Morgan fingerprint density at radius 2 is 2.00 bits per heavy atom. The van der Waals surface area contributed by atoms with E-state index in [4.69, 9.17) is 5.11 Å². The molecule has 0 aromatic carbocycles. The molecule has 0 spiro atoms. The van der Waals surface area contributed by atoms with Crippen molar-refractivity contribution < 1.29 is 18.3 Å². The highest BCUT2D eigenvalue weighted by Crippen LogP contribution is 2.28. The van der Waals surface area contributed by atoms with Gasteiger partial charge in [0.15, 0.2) is 0 Å². The van der Waals surface area contributed by atoms with Gasteiger partial charge < -0.3 is 5.11 Å². The molecule has 1 aliphatic carbocycles. The molecule has 1 fully saturated rings. The standard InChI is InChI=1S/C12H24N2O4S/c1-14(10-8-12(15)16)19(17,18)13-9-4-7-11-5-2-3-6-11/h11,13H,2-10H2,1H3,(H,15,16). The number of hydrogen-bond acceptors (Lipinski definition) is 3. The summed E-state index contributed by atoms with van der Waals surface area (Å²) < 4.78 is 27.1. The van der Waals surface area contributed by atoms with Gasteiger partial charge in [0.2, 0.25) is 0 Å². The van der Waals surface area contributed by atoms with Crippen LogP contribution in [0.1, 0.15) is 44.9 Å². The molecule has 6 nitrogen and oxygen atoms in total. The SMILES string of the molecule is CN(CCC(=O)O)S(=O)(=O)NCCCC1CCCC1. The highest BCUT2D eigenvalue weighted by molar-refractivity contribution is 7.87. The predicted molar refractivity (Wildman–Crippen MR) is 73.0 cm³/mol. The molecular formula is C12H24N2O4S. The molecule has 0 aromatic rings. The lowest BCUT2D eigenvalue weighted by Gasteiger charge is -2.17. The molecule has 19 heavy (non-hydrogen) atoms. The molecule has 0 bridgehead atoms. The van der Waals surface area contributed by atoms with Crippen LogP contribution < -0.4 is 4.72 Å². The largest absolute Gasteiger partial charge is 0.481 e. The molecule has 0 aliphatic heterocycles. The number of hydrogen-bond donors (Lipinski definition) is 2. The van der Waals surface area contributed by atoms with Crippen LogP contribution in [-0.4, -0.2) is 43.9 Å². The minimum Gasteiger partial charge on any atom is -0.481 e. The third kappa shape index (κ3) is 6.35. The Hall–Kier alpha value is -0.660. The van der Waals surface area contributed by atoms with Crippen molar-refractivity contribution >= 4 is 16.2 Å². The molecule has 1 rings (SSSR count). The smallest absolute Gasteiger partial charge is 0.304 e. The maximum absolute atomic E-state index is 11.8. The van der Waals surface area contributed by atoms with E-state index in [-0.39, 0.29) is 13.0 Å². The highest BCUT2D eigenvalue weighted by atomic mass is 32.2. The third-order valence-electron chi connectivity index (χ3n) is 3.60. The molecule has 0 amide bonds. The molecular weight excluding hydrogens is 268 g/mol. The maximum Gasteiger partial charge on any atom is 0.304 e. The molecule has 112 valence electrons. The van der Waals surface area contributed by atoms with Gasteiger partial charge >= 0.3 is 5.97 Å². The number of carboxylic acids is 1. The van der Waals surface area contributed by atoms with Gasteiger partial charge in [-0.1, -0.05) is 25.7 Å². The van der Waals surface area contributed by atoms with E-state index in [2.05, 4.69) is 4.72 Å². The molecule has 0 aromatic heterocycles. The molecule has 2 N–H and O–H groups in total. The molecule has 0 atom stereocenters. The number of carbonyl (C=O) groups is 1. The average molecular weight is 292 g/mol. The van der Waals surface area contributed by atoms with Gasteiger partial charge in [0.05, 0.1) is 6.42 Å². The van der Waals surface area contributed by atoms with Gasteiger partial charge in [0.25, 0.3) is 10.2 Å². The van der Waals surface area contributed by atoms with Gasteiger partial charge in [-0.3, -0.25) is 4.79 Å². The van der Waals surface area contributed by atoms with Gasteiger partial charge in [0, 0.05) is 20.1 Å². The van der Waals surface area contributed by atoms with E-state index >= 15 is 0 Å². The molecule has 7 heteroatoms. The first-order chi connectivity index (χ1) is 8.92. The lowest BCUT2D eigenvalue weighted by atomic mass is 10.0. The van der Waals surface area contributed by atoms with Crippen LogP contribution in [0.5, 0.6) is 0 Å². The number of aliphatic carboxylic acids is 1. The summed E-state index contributed by atoms with van der Waals surface area (Å²) in [6, 6.07) is 0. The van der Waals surface area contributed by atoms with E-state index in [0.29, 0.717) is 6.54 Å². The van der Waals surface area contributed by atoms with Crippen LogP contribution in [0.3, 0.4) is 0 Å². The molecule has 0 heterocycles. The Morgan fingerprint density at radius 1 is 1.37 bits per heavy atom. The number of carboxylic acid groups (broad SMARTS) is 1. The Kier molecular flexibility index (Phi) is 6.74. The monoisotopic (exact) mass is 292 g/mol. The van der Waals surface area contributed by atoms with Crippen LogP contribution in [0.15, 0.2) is 0 Å². The lowest BCUT2D eigenvalue weighted by Crippen LogP contribution is -2.39. The van der Waals surface area contributed by atoms with E-state index in [1.54, 1.807) is 0 Å². The second-order valence-corrected chi connectivity index (χ2v) is 7.02. The lowest BCUT2D eigenvalue weighted by molar-refractivity contribution is -0.137. The second-order valence-electron chi connectivity index (χ2n) is 5.16. The fourth-order valence-electron chi connectivity index (χ4n) is 2.37. The van der Waals surface area contributed by atoms with Crippen molar-refractivity contribution in [3.63, 3.8) is 0 Å². The van der Waals surface area contributed by atoms with Gasteiger partial charge in [-0.05, 0) is 18.8 Å². The topological polar surface area (TPSA) is 86.7 Å². The van der Waals surface area contributed by atoms with Crippen molar-refractivity contribution in [2.45, 2.75) is 44.9 Å². The minimum atomic E-state index is -3.53. The summed E-state index contributed by atoms with van der Waals surface area (Å²) >= 11 is 0. The van der Waals surface area contributed by atoms with Gasteiger partial charge in [-0.2, -0.15) is 12.7 Å². The summed E-state index contributed by atoms with van der Waals surface area (Å²) in [4.78, 5) is 10.4. The van der Waals surface area contributed by atoms with Crippen molar-refractivity contribution in [2.24, 2.45) is 5.92 Å². The Morgan fingerprint density at radius 3 is 2.58 bits per heavy atom. The first-order valence-corrected chi connectivity index (χ1v) is 8.28. The number of rotatable bonds is 9.